The van der Waals surface area contributed by atoms with Crippen LogP contribution in [0.2, 0.25) is 0 Å². The Balaban J connectivity index is 1.90. The maximum Gasteiger partial charge on any atom is 0.216 e. The zero-order valence-electron chi connectivity index (χ0n) is 11.8. The molecule has 0 aromatic rings. The third-order valence-electron chi connectivity index (χ3n) is 4.04. The number of nitrogens with one attached hydrogen (secondary N) is 1. The SMILES string of the molecule is CNCC1CCCN(S(=O)(=O)CC2CCCCO2)C1. The van der Waals surface area contributed by atoms with Gasteiger partial charge in [-0.05, 0) is 51.6 Å². The molecule has 112 valence electrons. The molecule has 2 rings (SSSR count). The Morgan fingerprint density at radius 1 is 1.26 bits per heavy atom. The topological polar surface area (TPSA) is 58.6 Å². The van der Waals surface area contributed by atoms with E-state index in [9.17, 15) is 8.42 Å². The van der Waals surface area contributed by atoms with Gasteiger partial charge in [0, 0.05) is 19.7 Å². The van der Waals surface area contributed by atoms with Crippen LogP contribution in [-0.2, 0) is 14.8 Å². The highest BCUT2D eigenvalue weighted by atomic mass is 32.2. The molecule has 2 fully saturated rings. The fourth-order valence-electron chi connectivity index (χ4n) is 3.01. The molecule has 0 radical (unpaired) electrons. The van der Waals surface area contributed by atoms with Crippen molar-refractivity contribution in [3.63, 3.8) is 0 Å². The predicted octanol–water partition coefficient (Wildman–Crippen LogP) is 0.817. The molecule has 0 aromatic carbocycles. The second-order valence-electron chi connectivity index (χ2n) is 5.69. The largest absolute Gasteiger partial charge is 0.377 e. The van der Waals surface area contributed by atoms with Crippen molar-refractivity contribution in [2.24, 2.45) is 5.92 Å². The van der Waals surface area contributed by atoms with Gasteiger partial charge >= 0.3 is 0 Å². The molecule has 0 spiro atoms. The minimum atomic E-state index is -3.15. The van der Waals surface area contributed by atoms with Gasteiger partial charge in [0.2, 0.25) is 10.0 Å². The van der Waals surface area contributed by atoms with E-state index in [-0.39, 0.29) is 11.9 Å². The van der Waals surface area contributed by atoms with Crippen LogP contribution in [0.25, 0.3) is 0 Å². The quantitative estimate of drug-likeness (QED) is 0.814. The van der Waals surface area contributed by atoms with Gasteiger partial charge in [0.05, 0.1) is 11.9 Å². The molecule has 2 unspecified atom stereocenters. The number of sulfonamides is 1. The standard InChI is InChI=1S/C13H26N2O3S/c1-14-9-12-5-4-7-15(10-12)19(16,17)11-13-6-2-3-8-18-13/h12-14H,2-11H2,1H3. The zero-order chi connectivity index (χ0) is 13.7. The van der Waals surface area contributed by atoms with Crippen molar-refractivity contribution in [2.45, 2.75) is 38.2 Å². The lowest BCUT2D eigenvalue weighted by Gasteiger charge is -2.33. The highest BCUT2D eigenvalue weighted by Gasteiger charge is 2.31. The summed E-state index contributed by atoms with van der Waals surface area (Å²) >= 11 is 0. The Kier molecular flexibility index (Phi) is 5.62. The van der Waals surface area contributed by atoms with E-state index in [1.807, 2.05) is 7.05 Å². The van der Waals surface area contributed by atoms with Crippen LogP contribution >= 0.6 is 0 Å². The normalized spacial score (nSPS) is 30.4. The number of piperidine rings is 1. The van der Waals surface area contributed by atoms with E-state index in [2.05, 4.69) is 5.32 Å². The van der Waals surface area contributed by atoms with Crippen molar-refractivity contribution in [1.82, 2.24) is 9.62 Å². The van der Waals surface area contributed by atoms with Crippen molar-refractivity contribution in [1.29, 1.82) is 0 Å². The Labute approximate surface area is 116 Å². The first-order valence-corrected chi connectivity index (χ1v) is 8.97. The van der Waals surface area contributed by atoms with Gasteiger partial charge in [0.15, 0.2) is 0 Å². The third kappa shape index (κ3) is 4.41. The number of nitrogens with zero attached hydrogens (tertiary/aromatic N) is 1. The maximum absolute atomic E-state index is 12.4. The molecule has 2 aliphatic heterocycles. The fourth-order valence-corrected chi connectivity index (χ4v) is 4.80. The van der Waals surface area contributed by atoms with Gasteiger partial charge in [-0.2, -0.15) is 0 Å². The Morgan fingerprint density at radius 2 is 2.11 bits per heavy atom. The summed E-state index contributed by atoms with van der Waals surface area (Å²) < 4.78 is 32.1. The second kappa shape index (κ2) is 7.02. The molecule has 5 nitrogen and oxygen atoms in total. The summed E-state index contributed by atoms with van der Waals surface area (Å²) in [6.07, 6.45) is 5.02. The van der Waals surface area contributed by atoms with E-state index in [0.29, 0.717) is 25.6 Å². The summed E-state index contributed by atoms with van der Waals surface area (Å²) in [5.74, 6) is 0.611. The number of hydrogen-bond donors (Lipinski definition) is 1. The second-order valence-corrected chi connectivity index (χ2v) is 7.70. The van der Waals surface area contributed by atoms with Crippen molar-refractivity contribution >= 4 is 10.0 Å². The Hall–Kier alpha value is -0.170. The predicted molar refractivity (Wildman–Crippen MR) is 75.6 cm³/mol. The summed E-state index contributed by atoms with van der Waals surface area (Å²) in [6.45, 7) is 2.94. The molecule has 2 heterocycles. The van der Waals surface area contributed by atoms with Crippen LogP contribution in [0, 0.1) is 5.92 Å². The van der Waals surface area contributed by atoms with Gasteiger partial charge in [-0.15, -0.1) is 0 Å². The zero-order valence-corrected chi connectivity index (χ0v) is 12.6. The minimum absolute atomic E-state index is 0.0940. The van der Waals surface area contributed by atoms with Crippen LogP contribution in [0.4, 0.5) is 0 Å². The van der Waals surface area contributed by atoms with Crippen molar-refractivity contribution in [3.05, 3.63) is 0 Å². The molecule has 0 bridgehead atoms. The fraction of sp³-hybridized carbons (Fsp3) is 1.00. The highest BCUT2D eigenvalue weighted by molar-refractivity contribution is 7.89. The first-order valence-electron chi connectivity index (χ1n) is 7.36. The van der Waals surface area contributed by atoms with E-state index in [1.165, 1.54) is 0 Å². The van der Waals surface area contributed by atoms with Crippen LogP contribution in [0.15, 0.2) is 0 Å². The lowest BCUT2D eigenvalue weighted by atomic mass is 10.00. The van der Waals surface area contributed by atoms with Crippen LogP contribution < -0.4 is 5.32 Å². The van der Waals surface area contributed by atoms with Gasteiger partial charge in [0.25, 0.3) is 0 Å². The molecule has 2 aliphatic rings. The highest BCUT2D eigenvalue weighted by Crippen LogP contribution is 2.21. The van der Waals surface area contributed by atoms with Crippen LogP contribution in [0.1, 0.15) is 32.1 Å². The third-order valence-corrected chi connectivity index (χ3v) is 5.95. The summed E-state index contributed by atoms with van der Waals surface area (Å²) in [6, 6.07) is 0. The molecule has 0 amide bonds. The smallest absolute Gasteiger partial charge is 0.216 e. The van der Waals surface area contributed by atoms with Gasteiger partial charge < -0.3 is 10.1 Å². The van der Waals surface area contributed by atoms with E-state index >= 15 is 0 Å². The Morgan fingerprint density at radius 3 is 2.79 bits per heavy atom. The number of rotatable bonds is 5. The molecule has 2 saturated heterocycles. The Bertz CT molecular complexity index is 364. The summed E-state index contributed by atoms with van der Waals surface area (Å²) in [5, 5.41) is 3.14. The van der Waals surface area contributed by atoms with Crippen molar-refractivity contribution < 1.29 is 13.2 Å². The molecule has 0 saturated carbocycles. The minimum Gasteiger partial charge on any atom is -0.377 e. The summed E-state index contributed by atoms with van der Waals surface area (Å²) in [4.78, 5) is 0. The molecule has 0 aliphatic carbocycles. The molecule has 0 aromatic heterocycles. The maximum atomic E-state index is 12.4. The lowest BCUT2D eigenvalue weighted by molar-refractivity contribution is 0.0297. The lowest BCUT2D eigenvalue weighted by Crippen LogP contribution is -2.45. The van der Waals surface area contributed by atoms with E-state index in [0.717, 1.165) is 38.6 Å². The molecule has 6 heteroatoms. The number of hydrogen-bond acceptors (Lipinski definition) is 4. The van der Waals surface area contributed by atoms with Gasteiger partial charge in [-0.1, -0.05) is 0 Å². The first-order chi connectivity index (χ1) is 9.12. The van der Waals surface area contributed by atoms with Crippen LogP contribution in [0.3, 0.4) is 0 Å². The van der Waals surface area contributed by atoms with Gasteiger partial charge in [0.1, 0.15) is 0 Å². The van der Waals surface area contributed by atoms with Crippen LogP contribution in [-0.4, -0.2) is 57.9 Å². The average Bonchev–Trinajstić information content (AvgIpc) is 2.40. The van der Waals surface area contributed by atoms with E-state index in [4.69, 9.17) is 4.74 Å². The monoisotopic (exact) mass is 290 g/mol. The average molecular weight is 290 g/mol. The molecular weight excluding hydrogens is 264 g/mol. The molecule has 2 atom stereocenters. The van der Waals surface area contributed by atoms with Crippen molar-refractivity contribution in [2.75, 3.05) is 39.0 Å². The molecule has 19 heavy (non-hydrogen) atoms. The van der Waals surface area contributed by atoms with E-state index in [1.54, 1.807) is 4.31 Å². The first kappa shape index (κ1) is 15.2. The summed E-state index contributed by atoms with van der Waals surface area (Å²) in [5.41, 5.74) is 0. The van der Waals surface area contributed by atoms with E-state index < -0.39 is 10.0 Å². The van der Waals surface area contributed by atoms with Crippen LogP contribution in [0.5, 0.6) is 0 Å². The summed E-state index contributed by atoms with van der Waals surface area (Å²) in [7, 11) is -1.23. The van der Waals surface area contributed by atoms with Gasteiger partial charge in [-0.3, -0.25) is 0 Å². The van der Waals surface area contributed by atoms with Gasteiger partial charge in [-0.25, -0.2) is 12.7 Å². The number of ether oxygens (including phenoxy) is 1. The van der Waals surface area contributed by atoms with Crippen molar-refractivity contribution in [3.8, 4) is 0 Å². The molecular formula is C13H26N2O3S. The molecule has 1 N–H and O–H groups in total.